The summed E-state index contributed by atoms with van der Waals surface area (Å²) in [5.74, 6) is 0.110. The number of amides is 1. The van der Waals surface area contributed by atoms with Gasteiger partial charge in [-0.3, -0.25) is 9.78 Å². The lowest BCUT2D eigenvalue weighted by Crippen LogP contribution is -2.29. The van der Waals surface area contributed by atoms with E-state index in [1.165, 1.54) is 0 Å². The van der Waals surface area contributed by atoms with Gasteiger partial charge in [0, 0.05) is 24.4 Å². The third-order valence-electron chi connectivity index (χ3n) is 4.13. The van der Waals surface area contributed by atoms with Gasteiger partial charge in [-0.15, -0.1) is 0 Å². The second-order valence-corrected chi connectivity index (χ2v) is 7.10. The number of carbonyl (C=O) groups is 1. The zero-order valence-electron chi connectivity index (χ0n) is 12.5. The standard InChI is InChI=1S/C16H20Cl2N2O/c1-10-5-4-6-11(20-10)7-8-19-15(21)14-12(9-13(17)18)16(14,2)3/h4-6,9,12,14H,7-8H2,1-3H3,(H,19,21). The van der Waals surface area contributed by atoms with E-state index in [0.29, 0.717) is 6.54 Å². The van der Waals surface area contributed by atoms with Crippen LogP contribution in [0.3, 0.4) is 0 Å². The number of allylic oxidation sites excluding steroid dienone is 1. The molecule has 2 unspecified atom stereocenters. The maximum absolute atomic E-state index is 12.2. The van der Waals surface area contributed by atoms with Crippen molar-refractivity contribution in [1.82, 2.24) is 10.3 Å². The minimum atomic E-state index is -0.0826. The van der Waals surface area contributed by atoms with Gasteiger partial charge in [-0.2, -0.15) is 0 Å². The van der Waals surface area contributed by atoms with Gasteiger partial charge in [0.2, 0.25) is 5.91 Å². The largest absolute Gasteiger partial charge is 0.355 e. The lowest BCUT2D eigenvalue weighted by Gasteiger charge is -2.06. The summed E-state index contributed by atoms with van der Waals surface area (Å²) in [6, 6.07) is 5.91. The summed E-state index contributed by atoms with van der Waals surface area (Å²) < 4.78 is 0.229. The van der Waals surface area contributed by atoms with E-state index < -0.39 is 0 Å². The molecule has 2 rings (SSSR count). The van der Waals surface area contributed by atoms with Crippen molar-refractivity contribution in [2.75, 3.05) is 6.54 Å². The highest BCUT2D eigenvalue weighted by Crippen LogP contribution is 2.59. The first-order valence-corrected chi connectivity index (χ1v) is 7.81. The predicted octanol–water partition coefficient (Wildman–Crippen LogP) is 3.64. The molecule has 0 spiro atoms. The predicted molar refractivity (Wildman–Crippen MR) is 86.2 cm³/mol. The van der Waals surface area contributed by atoms with Crippen molar-refractivity contribution in [2.24, 2.45) is 17.3 Å². The molecule has 0 aliphatic heterocycles. The van der Waals surface area contributed by atoms with Gasteiger partial charge in [-0.05, 0) is 36.5 Å². The first kappa shape index (κ1) is 16.3. The number of aromatic nitrogens is 1. The summed E-state index contributed by atoms with van der Waals surface area (Å²) >= 11 is 11.4. The fraction of sp³-hybridized carbons (Fsp3) is 0.500. The summed E-state index contributed by atoms with van der Waals surface area (Å²) in [5, 5.41) is 2.98. The Balaban J connectivity index is 1.85. The maximum atomic E-state index is 12.2. The van der Waals surface area contributed by atoms with E-state index >= 15 is 0 Å². The molecule has 0 radical (unpaired) electrons. The van der Waals surface area contributed by atoms with Crippen molar-refractivity contribution in [3.8, 4) is 0 Å². The smallest absolute Gasteiger partial charge is 0.224 e. The van der Waals surface area contributed by atoms with Crippen molar-refractivity contribution in [2.45, 2.75) is 27.2 Å². The summed E-state index contributed by atoms with van der Waals surface area (Å²) in [7, 11) is 0. The molecular weight excluding hydrogens is 307 g/mol. The number of nitrogens with zero attached hydrogens (tertiary/aromatic N) is 1. The quantitative estimate of drug-likeness (QED) is 0.897. The summed E-state index contributed by atoms with van der Waals surface area (Å²) in [4.78, 5) is 16.6. The Kier molecular flexibility index (Phi) is 4.95. The van der Waals surface area contributed by atoms with Crippen LogP contribution >= 0.6 is 23.2 Å². The third-order valence-corrected chi connectivity index (χ3v) is 4.38. The molecule has 1 N–H and O–H groups in total. The van der Waals surface area contributed by atoms with Gasteiger partial charge >= 0.3 is 0 Å². The van der Waals surface area contributed by atoms with Crippen LogP contribution in [0.4, 0.5) is 0 Å². The normalized spacial score (nSPS) is 22.5. The fourth-order valence-electron chi connectivity index (χ4n) is 2.79. The highest BCUT2D eigenvalue weighted by atomic mass is 35.5. The summed E-state index contributed by atoms with van der Waals surface area (Å²) in [6.07, 6.45) is 2.49. The minimum Gasteiger partial charge on any atom is -0.355 e. The Morgan fingerprint density at radius 2 is 2.14 bits per heavy atom. The van der Waals surface area contributed by atoms with Crippen LogP contribution in [0, 0.1) is 24.2 Å². The molecule has 2 atom stereocenters. The Bertz CT molecular complexity index is 565. The Morgan fingerprint density at radius 3 is 2.76 bits per heavy atom. The van der Waals surface area contributed by atoms with E-state index in [4.69, 9.17) is 23.2 Å². The molecule has 0 bridgehead atoms. The van der Waals surface area contributed by atoms with Crippen LogP contribution in [0.5, 0.6) is 0 Å². The van der Waals surface area contributed by atoms with Crippen LogP contribution < -0.4 is 5.32 Å². The van der Waals surface area contributed by atoms with Crippen LogP contribution in [-0.2, 0) is 11.2 Å². The lowest BCUT2D eigenvalue weighted by atomic mass is 10.1. The molecule has 1 aliphatic rings. The Hall–Kier alpha value is -1.06. The zero-order valence-corrected chi connectivity index (χ0v) is 14.0. The number of aryl methyl sites for hydroxylation is 1. The van der Waals surface area contributed by atoms with E-state index in [1.54, 1.807) is 6.08 Å². The molecule has 21 heavy (non-hydrogen) atoms. The Labute approximate surface area is 135 Å². The molecule has 1 saturated carbocycles. The molecule has 1 aromatic heterocycles. The van der Waals surface area contributed by atoms with Gasteiger partial charge in [-0.1, -0.05) is 43.1 Å². The molecule has 1 fully saturated rings. The van der Waals surface area contributed by atoms with Crippen LogP contribution in [0.15, 0.2) is 28.8 Å². The van der Waals surface area contributed by atoms with E-state index in [-0.39, 0.29) is 27.6 Å². The van der Waals surface area contributed by atoms with Gasteiger partial charge in [0.15, 0.2) is 0 Å². The molecule has 5 heteroatoms. The van der Waals surface area contributed by atoms with Crippen LogP contribution in [0.1, 0.15) is 25.2 Å². The number of halogens is 2. The van der Waals surface area contributed by atoms with Crippen LogP contribution in [-0.4, -0.2) is 17.4 Å². The van der Waals surface area contributed by atoms with E-state index in [0.717, 1.165) is 17.8 Å². The molecule has 0 aromatic carbocycles. The fourth-order valence-corrected chi connectivity index (χ4v) is 3.06. The SMILES string of the molecule is Cc1cccc(CCNC(=O)C2C(C=C(Cl)Cl)C2(C)C)n1. The molecule has 3 nitrogen and oxygen atoms in total. The molecule has 1 aromatic rings. The Morgan fingerprint density at radius 1 is 1.43 bits per heavy atom. The average Bonchev–Trinajstić information content (AvgIpc) is 2.89. The van der Waals surface area contributed by atoms with E-state index in [2.05, 4.69) is 24.1 Å². The lowest BCUT2D eigenvalue weighted by molar-refractivity contribution is -0.123. The summed E-state index contributed by atoms with van der Waals surface area (Å²) in [6.45, 7) is 6.66. The van der Waals surface area contributed by atoms with E-state index in [9.17, 15) is 4.79 Å². The van der Waals surface area contributed by atoms with Gasteiger partial charge in [0.25, 0.3) is 0 Å². The maximum Gasteiger partial charge on any atom is 0.224 e. The van der Waals surface area contributed by atoms with Gasteiger partial charge in [-0.25, -0.2) is 0 Å². The number of hydrogen-bond donors (Lipinski definition) is 1. The van der Waals surface area contributed by atoms with Crippen LogP contribution in [0.25, 0.3) is 0 Å². The molecule has 1 amide bonds. The van der Waals surface area contributed by atoms with Crippen molar-refractivity contribution >= 4 is 29.1 Å². The van der Waals surface area contributed by atoms with Gasteiger partial charge in [0.05, 0.1) is 5.92 Å². The number of hydrogen-bond acceptors (Lipinski definition) is 2. The number of carbonyl (C=O) groups excluding carboxylic acids is 1. The molecule has 1 heterocycles. The monoisotopic (exact) mass is 326 g/mol. The van der Waals surface area contributed by atoms with Gasteiger partial charge < -0.3 is 5.32 Å². The second-order valence-electron chi connectivity index (χ2n) is 6.09. The number of pyridine rings is 1. The van der Waals surface area contributed by atoms with Crippen molar-refractivity contribution in [3.05, 3.63) is 40.2 Å². The highest BCUT2D eigenvalue weighted by molar-refractivity contribution is 6.55. The zero-order chi connectivity index (χ0) is 15.6. The molecule has 0 saturated heterocycles. The van der Waals surface area contributed by atoms with Crippen molar-refractivity contribution < 1.29 is 4.79 Å². The van der Waals surface area contributed by atoms with E-state index in [1.807, 2.05) is 25.1 Å². The molecule has 1 aliphatic carbocycles. The molecular formula is C16H20Cl2N2O. The third kappa shape index (κ3) is 3.98. The van der Waals surface area contributed by atoms with Crippen molar-refractivity contribution in [3.63, 3.8) is 0 Å². The minimum absolute atomic E-state index is 0.0588. The first-order chi connectivity index (χ1) is 9.82. The van der Waals surface area contributed by atoms with Crippen LogP contribution in [0.2, 0.25) is 0 Å². The number of rotatable bonds is 5. The number of nitrogens with one attached hydrogen (secondary N) is 1. The average molecular weight is 327 g/mol. The second kappa shape index (κ2) is 6.37. The highest BCUT2D eigenvalue weighted by Gasteiger charge is 2.60. The molecule has 114 valence electrons. The topological polar surface area (TPSA) is 42.0 Å². The first-order valence-electron chi connectivity index (χ1n) is 7.05. The summed E-state index contributed by atoms with van der Waals surface area (Å²) in [5.41, 5.74) is 1.90. The van der Waals surface area contributed by atoms with Crippen molar-refractivity contribution in [1.29, 1.82) is 0 Å². The van der Waals surface area contributed by atoms with Gasteiger partial charge in [0.1, 0.15) is 4.49 Å².